The summed E-state index contributed by atoms with van der Waals surface area (Å²) in [6.45, 7) is 5.79. The number of ether oxygens (including phenoxy) is 3. The van der Waals surface area contributed by atoms with Gasteiger partial charge in [0.2, 0.25) is 6.79 Å². The van der Waals surface area contributed by atoms with Crippen molar-refractivity contribution in [1.29, 1.82) is 0 Å². The number of hydrogen-bond donors (Lipinski definition) is 1. The van der Waals surface area contributed by atoms with E-state index in [0.717, 1.165) is 16.7 Å². The van der Waals surface area contributed by atoms with Gasteiger partial charge in [-0.1, -0.05) is 36.4 Å². The standard InChI is InChI=1S/C27H25NO6/c1-16-8-10-20(12-17(16)2)25(29)21-6-4-5-7-22(21)27(31)34-18(3)26(30)28-14-19-9-11-23-24(13-19)33-15-32-23/h4-13,18H,14-15H2,1-3H3,(H,28,30). The number of rotatable bonds is 7. The number of aryl methyl sites for hydroxylation is 2. The zero-order chi connectivity index (χ0) is 24.2. The van der Waals surface area contributed by atoms with E-state index in [1.54, 1.807) is 42.5 Å². The minimum absolute atomic E-state index is 0.112. The maximum Gasteiger partial charge on any atom is 0.339 e. The summed E-state index contributed by atoms with van der Waals surface area (Å²) >= 11 is 0. The maximum absolute atomic E-state index is 13.1. The Bertz CT molecular complexity index is 1270. The first-order valence-corrected chi connectivity index (χ1v) is 10.9. The van der Waals surface area contributed by atoms with E-state index in [9.17, 15) is 14.4 Å². The highest BCUT2D eigenvalue weighted by atomic mass is 16.7. The van der Waals surface area contributed by atoms with E-state index in [1.807, 2.05) is 26.0 Å². The molecule has 1 unspecified atom stereocenters. The van der Waals surface area contributed by atoms with Crippen LogP contribution in [0.25, 0.3) is 0 Å². The lowest BCUT2D eigenvalue weighted by molar-refractivity contribution is -0.129. The molecule has 1 amide bonds. The molecule has 0 aliphatic carbocycles. The van der Waals surface area contributed by atoms with Crippen LogP contribution < -0.4 is 14.8 Å². The van der Waals surface area contributed by atoms with E-state index in [4.69, 9.17) is 14.2 Å². The topological polar surface area (TPSA) is 90.9 Å². The molecule has 0 bridgehead atoms. The number of fused-ring (bicyclic) bond motifs is 1. The van der Waals surface area contributed by atoms with Gasteiger partial charge in [0.05, 0.1) is 5.56 Å². The van der Waals surface area contributed by atoms with Gasteiger partial charge < -0.3 is 19.5 Å². The van der Waals surface area contributed by atoms with Gasteiger partial charge >= 0.3 is 5.97 Å². The van der Waals surface area contributed by atoms with E-state index in [2.05, 4.69) is 5.32 Å². The molecule has 174 valence electrons. The highest BCUT2D eigenvalue weighted by Gasteiger charge is 2.24. The van der Waals surface area contributed by atoms with Crippen LogP contribution in [0.5, 0.6) is 11.5 Å². The molecule has 3 aromatic carbocycles. The molecule has 1 heterocycles. The fraction of sp³-hybridized carbons (Fsp3) is 0.222. The number of ketones is 1. The van der Waals surface area contributed by atoms with E-state index in [-0.39, 0.29) is 30.2 Å². The minimum Gasteiger partial charge on any atom is -0.454 e. The average molecular weight is 459 g/mol. The monoisotopic (exact) mass is 459 g/mol. The van der Waals surface area contributed by atoms with E-state index in [0.29, 0.717) is 17.1 Å². The molecule has 1 aliphatic rings. The lowest BCUT2D eigenvalue weighted by Gasteiger charge is -2.15. The second kappa shape index (κ2) is 9.79. The van der Waals surface area contributed by atoms with Crippen molar-refractivity contribution in [2.45, 2.75) is 33.4 Å². The number of nitrogens with one attached hydrogen (secondary N) is 1. The van der Waals surface area contributed by atoms with Gasteiger partial charge in [0.25, 0.3) is 5.91 Å². The average Bonchev–Trinajstić information content (AvgIpc) is 3.31. The molecule has 7 nitrogen and oxygen atoms in total. The third-order valence-corrected chi connectivity index (χ3v) is 5.72. The first kappa shape index (κ1) is 23.0. The van der Waals surface area contributed by atoms with Crippen molar-refractivity contribution in [1.82, 2.24) is 5.32 Å². The largest absolute Gasteiger partial charge is 0.454 e. The molecule has 3 aromatic rings. The lowest BCUT2D eigenvalue weighted by Crippen LogP contribution is -2.35. The van der Waals surface area contributed by atoms with Crippen molar-refractivity contribution in [3.05, 3.63) is 94.0 Å². The SMILES string of the molecule is Cc1ccc(C(=O)c2ccccc2C(=O)OC(C)C(=O)NCc2ccc3c(c2)OCO3)cc1C. The Morgan fingerprint density at radius 3 is 2.41 bits per heavy atom. The van der Waals surface area contributed by atoms with E-state index in [1.165, 1.54) is 13.0 Å². The summed E-state index contributed by atoms with van der Waals surface area (Å²) in [6.07, 6.45) is -1.05. The Kier molecular flexibility index (Phi) is 6.63. The van der Waals surface area contributed by atoms with Crippen LogP contribution in [0.2, 0.25) is 0 Å². The second-order valence-electron chi connectivity index (χ2n) is 8.13. The highest BCUT2D eigenvalue weighted by Crippen LogP contribution is 2.32. The highest BCUT2D eigenvalue weighted by molar-refractivity contribution is 6.14. The van der Waals surface area contributed by atoms with Crippen LogP contribution in [0.15, 0.2) is 60.7 Å². The summed E-state index contributed by atoms with van der Waals surface area (Å²) in [5.74, 6) is -0.194. The third-order valence-electron chi connectivity index (χ3n) is 5.72. The minimum atomic E-state index is -1.05. The molecule has 0 aromatic heterocycles. The van der Waals surface area contributed by atoms with E-state index < -0.39 is 18.0 Å². The van der Waals surface area contributed by atoms with Crippen molar-refractivity contribution < 1.29 is 28.6 Å². The van der Waals surface area contributed by atoms with Crippen LogP contribution >= 0.6 is 0 Å². The zero-order valence-electron chi connectivity index (χ0n) is 19.2. The number of hydrogen-bond acceptors (Lipinski definition) is 6. The molecule has 0 spiro atoms. The first-order valence-electron chi connectivity index (χ1n) is 10.9. The first-order chi connectivity index (χ1) is 16.3. The fourth-order valence-electron chi connectivity index (χ4n) is 3.56. The molecule has 0 saturated carbocycles. The molecule has 34 heavy (non-hydrogen) atoms. The van der Waals surface area contributed by atoms with Gasteiger partial charge in [-0.25, -0.2) is 4.79 Å². The normalized spacial score (nSPS) is 12.7. The molecule has 0 fully saturated rings. The summed E-state index contributed by atoms with van der Waals surface area (Å²) in [5.41, 5.74) is 3.70. The van der Waals surface area contributed by atoms with Crippen LogP contribution in [0.4, 0.5) is 0 Å². The smallest absolute Gasteiger partial charge is 0.339 e. The van der Waals surface area contributed by atoms with Crippen LogP contribution in [-0.4, -0.2) is 30.6 Å². The molecule has 1 aliphatic heterocycles. The molecule has 1 N–H and O–H groups in total. The van der Waals surface area contributed by atoms with Gasteiger partial charge in [0.15, 0.2) is 23.4 Å². The fourth-order valence-corrected chi connectivity index (χ4v) is 3.56. The lowest BCUT2D eigenvalue weighted by atomic mass is 9.96. The summed E-state index contributed by atoms with van der Waals surface area (Å²) < 4.78 is 16.0. The number of carbonyl (C=O) groups is 3. The molecule has 1 atom stereocenters. The van der Waals surface area contributed by atoms with Gasteiger partial charge in [-0.15, -0.1) is 0 Å². The predicted octanol–water partition coefficient (Wildman–Crippen LogP) is 4.12. The molecule has 0 radical (unpaired) electrons. The zero-order valence-corrected chi connectivity index (χ0v) is 19.2. The van der Waals surface area contributed by atoms with Crippen LogP contribution in [-0.2, 0) is 16.1 Å². The molecular formula is C27H25NO6. The van der Waals surface area contributed by atoms with Crippen molar-refractivity contribution >= 4 is 17.7 Å². The molecule has 0 saturated heterocycles. The van der Waals surface area contributed by atoms with Crippen molar-refractivity contribution in [3.63, 3.8) is 0 Å². The second-order valence-corrected chi connectivity index (χ2v) is 8.13. The maximum atomic E-state index is 13.1. The Balaban J connectivity index is 1.41. The Morgan fingerprint density at radius 2 is 1.65 bits per heavy atom. The van der Waals surface area contributed by atoms with Crippen LogP contribution in [0.1, 0.15) is 49.9 Å². The number of carbonyl (C=O) groups excluding carboxylic acids is 3. The summed E-state index contributed by atoms with van der Waals surface area (Å²) in [7, 11) is 0. The van der Waals surface area contributed by atoms with Gasteiger partial charge in [-0.05, 0) is 61.7 Å². The number of esters is 1. The summed E-state index contributed by atoms with van der Waals surface area (Å²) in [6, 6.07) is 17.2. The number of amides is 1. The van der Waals surface area contributed by atoms with Crippen molar-refractivity contribution in [3.8, 4) is 11.5 Å². The summed E-state index contributed by atoms with van der Waals surface area (Å²) in [5, 5.41) is 2.74. The number of benzene rings is 3. The van der Waals surface area contributed by atoms with Gasteiger partial charge in [0.1, 0.15) is 0 Å². The molecule has 4 rings (SSSR count). The van der Waals surface area contributed by atoms with Crippen LogP contribution in [0, 0.1) is 13.8 Å². The quantitative estimate of drug-likeness (QED) is 0.422. The van der Waals surface area contributed by atoms with E-state index >= 15 is 0 Å². The van der Waals surface area contributed by atoms with Gasteiger partial charge in [-0.2, -0.15) is 0 Å². The van der Waals surface area contributed by atoms with Crippen molar-refractivity contribution in [2.75, 3.05) is 6.79 Å². The predicted molar refractivity (Wildman–Crippen MR) is 125 cm³/mol. The molecular weight excluding hydrogens is 434 g/mol. The Hall–Kier alpha value is -4.13. The van der Waals surface area contributed by atoms with Crippen molar-refractivity contribution in [2.24, 2.45) is 0 Å². The Morgan fingerprint density at radius 1 is 0.912 bits per heavy atom. The van der Waals surface area contributed by atoms with Gasteiger partial charge in [0, 0.05) is 17.7 Å². The third kappa shape index (κ3) is 4.93. The Labute approximate surface area is 197 Å². The van der Waals surface area contributed by atoms with Gasteiger partial charge in [-0.3, -0.25) is 9.59 Å². The van der Waals surface area contributed by atoms with Crippen LogP contribution in [0.3, 0.4) is 0 Å². The molecule has 7 heteroatoms. The summed E-state index contributed by atoms with van der Waals surface area (Å²) in [4.78, 5) is 38.5.